The minimum atomic E-state index is 0.395. The number of nitrogens with zero attached hydrogens (tertiary/aromatic N) is 1. The van der Waals surface area contributed by atoms with Gasteiger partial charge in [0.25, 0.3) is 0 Å². The summed E-state index contributed by atoms with van der Waals surface area (Å²) < 4.78 is 0. The second-order valence-electron chi connectivity index (χ2n) is 3.87. The van der Waals surface area contributed by atoms with E-state index in [1.165, 1.54) is 31.4 Å². The van der Waals surface area contributed by atoms with Crippen LogP contribution in [0, 0.1) is 5.92 Å². The van der Waals surface area contributed by atoms with Crippen molar-refractivity contribution in [2.45, 2.75) is 39.5 Å². The van der Waals surface area contributed by atoms with Crippen LogP contribution in [0.1, 0.15) is 39.5 Å². The van der Waals surface area contributed by atoms with Crippen LogP contribution in [-0.4, -0.2) is 24.4 Å². The Morgan fingerprint density at radius 1 is 1.21 bits per heavy atom. The summed E-state index contributed by atoms with van der Waals surface area (Å²) in [4.78, 5) is 4.33. The molecule has 84 valence electrons. The van der Waals surface area contributed by atoms with Gasteiger partial charge in [-0.3, -0.25) is 4.99 Å². The molecule has 0 rings (SSSR count). The molecule has 2 nitrogen and oxygen atoms in total. The van der Waals surface area contributed by atoms with Crippen molar-refractivity contribution in [2.24, 2.45) is 16.6 Å². The highest BCUT2D eigenvalue weighted by Crippen LogP contribution is 2.04. The van der Waals surface area contributed by atoms with Crippen LogP contribution in [0.15, 0.2) is 4.99 Å². The molecule has 14 heavy (non-hydrogen) atoms. The van der Waals surface area contributed by atoms with Gasteiger partial charge in [0, 0.05) is 12.5 Å². The van der Waals surface area contributed by atoms with Gasteiger partial charge in [0.15, 0.2) is 0 Å². The summed E-state index contributed by atoms with van der Waals surface area (Å²) in [5.41, 5.74) is 5.73. The van der Waals surface area contributed by atoms with Gasteiger partial charge in [-0.05, 0) is 24.9 Å². The number of thioether (sulfide) groups is 1. The minimum absolute atomic E-state index is 0.395. The lowest BCUT2D eigenvalue weighted by atomic mass is 10.2. The number of nitrogens with two attached hydrogens (primary N) is 1. The van der Waals surface area contributed by atoms with Gasteiger partial charge in [0.2, 0.25) is 0 Å². The third-order valence-electron chi connectivity index (χ3n) is 2.14. The van der Waals surface area contributed by atoms with Gasteiger partial charge in [0.1, 0.15) is 0 Å². The fourth-order valence-corrected chi connectivity index (χ4v) is 1.60. The Kier molecular flexibility index (Phi) is 9.26. The molecule has 0 aromatic heterocycles. The first kappa shape index (κ1) is 13.8. The molecule has 0 atom stereocenters. The molecule has 0 saturated heterocycles. The van der Waals surface area contributed by atoms with Crippen LogP contribution in [0.4, 0.5) is 0 Å². The lowest BCUT2D eigenvalue weighted by molar-refractivity contribution is 0.676. The summed E-state index contributed by atoms with van der Waals surface area (Å²) in [6, 6.07) is 0. The summed E-state index contributed by atoms with van der Waals surface area (Å²) in [6.45, 7) is 5.07. The number of hydrogen-bond donors (Lipinski definition) is 1. The Hall–Kier alpha value is -0.180. The molecule has 0 fully saturated rings. The van der Waals surface area contributed by atoms with Crippen molar-refractivity contribution < 1.29 is 0 Å². The molecule has 0 aromatic rings. The lowest BCUT2D eigenvalue weighted by Gasteiger charge is -2.03. The second kappa shape index (κ2) is 9.38. The predicted octanol–water partition coefficient (Wildman–Crippen LogP) is 2.92. The van der Waals surface area contributed by atoms with Crippen LogP contribution in [-0.2, 0) is 0 Å². The van der Waals surface area contributed by atoms with E-state index in [0.29, 0.717) is 5.92 Å². The molecule has 0 radical (unpaired) electrons. The van der Waals surface area contributed by atoms with Crippen LogP contribution in [0.3, 0.4) is 0 Å². The summed E-state index contributed by atoms with van der Waals surface area (Å²) >= 11 is 1.93. The first-order valence-electron chi connectivity index (χ1n) is 5.47. The quantitative estimate of drug-likeness (QED) is 0.385. The predicted molar refractivity (Wildman–Crippen MR) is 68.2 cm³/mol. The molecular formula is C11H24N2S. The van der Waals surface area contributed by atoms with Gasteiger partial charge < -0.3 is 5.73 Å². The molecule has 2 N–H and O–H groups in total. The standard InChI is InChI=1S/C11H24N2S/c1-10(2)11(12)13-8-6-4-5-7-9-14-3/h10H,4-9H2,1-3H3,(H2,12,13). The highest BCUT2D eigenvalue weighted by atomic mass is 32.2. The van der Waals surface area contributed by atoms with E-state index in [0.717, 1.165) is 12.4 Å². The summed E-state index contributed by atoms with van der Waals surface area (Å²) in [6.07, 6.45) is 7.30. The number of unbranched alkanes of at least 4 members (excludes halogenated alkanes) is 3. The molecule has 0 bridgehead atoms. The topological polar surface area (TPSA) is 38.4 Å². The van der Waals surface area contributed by atoms with Crippen molar-refractivity contribution in [3.63, 3.8) is 0 Å². The number of hydrogen-bond acceptors (Lipinski definition) is 2. The SMILES string of the molecule is CSCCCCCCN=C(N)C(C)C. The normalized spacial score (nSPS) is 12.4. The Morgan fingerprint density at radius 2 is 1.86 bits per heavy atom. The van der Waals surface area contributed by atoms with E-state index in [9.17, 15) is 0 Å². The maximum Gasteiger partial charge on any atom is 0.0962 e. The van der Waals surface area contributed by atoms with Crippen molar-refractivity contribution in [3.05, 3.63) is 0 Å². The van der Waals surface area contributed by atoms with E-state index >= 15 is 0 Å². The Balaban J connectivity index is 3.24. The fourth-order valence-electron chi connectivity index (χ4n) is 1.10. The minimum Gasteiger partial charge on any atom is -0.387 e. The van der Waals surface area contributed by atoms with E-state index in [2.05, 4.69) is 25.1 Å². The van der Waals surface area contributed by atoms with Gasteiger partial charge in [-0.1, -0.05) is 26.7 Å². The van der Waals surface area contributed by atoms with Crippen LogP contribution in [0.25, 0.3) is 0 Å². The van der Waals surface area contributed by atoms with Gasteiger partial charge in [-0.2, -0.15) is 11.8 Å². The van der Waals surface area contributed by atoms with E-state index in [1.54, 1.807) is 0 Å². The van der Waals surface area contributed by atoms with Crippen LogP contribution in [0.5, 0.6) is 0 Å². The van der Waals surface area contributed by atoms with Gasteiger partial charge in [-0.15, -0.1) is 0 Å². The summed E-state index contributed by atoms with van der Waals surface area (Å²) in [7, 11) is 0. The van der Waals surface area contributed by atoms with Crippen molar-refractivity contribution in [1.82, 2.24) is 0 Å². The van der Waals surface area contributed by atoms with Crippen molar-refractivity contribution in [2.75, 3.05) is 18.6 Å². The van der Waals surface area contributed by atoms with Crippen LogP contribution < -0.4 is 5.73 Å². The molecule has 0 spiro atoms. The summed E-state index contributed by atoms with van der Waals surface area (Å²) in [5.74, 6) is 2.48. The highest BCUT2D eigenvalue weighted by molar-refractivity contribution is 7.98. The molecule has 0 amide bonds. The zero-order chi connectivity index (χ0) is 10.8. The molecule has 0 unspecified atom stereocenters. The van der Waals surface area contributed by atoms with Gasteiger partial charge in [0.05, 0.1) is 5.84 Å². The molecule has 3 heteroatoms. The molecule has 0 aliphatic rings. The van der Waals surface area contributed by atoms with E-state index < -0.39 is 0 Å². The van der Waals surface area contributed by atoms with E-state index in [-0.39, 0.29) is 0 Å². The van der Waals surface area contributed by atoms with Crippen molar-refractivity contribution >= 4 is 17.6 Å². The molecule has 0 aromatic carbocycles. The number of amidine groups is 1. The number of rotatable bonds is 8. The Bertz CT molecular complexity index is 155. The largest absolute Gasteiger partial charge is 0.387 e. The number of aliphatic imine (C=N–C) groups is 1. The monoisotopic (exact) mass is 216 g/mol. The molecule has 0 saturated carbocycles. The van der Waals surface area contributed by atoms with E-state index in [1.807, 2.05) is 11.8 Å². The molecular weight excluding hydrogens is 192 g/mol. The zero-order valence-electron chi connectivity index (χ0n) is 9.75. The third-order valence-corrected chi connectivity index (χ3v) is 2.84. The highest BCUT2D eigenvalue weighted by Gasteiger charge is 1.97. The average Bonchev–Trinajstić information content (AvgIpc) is 2.16. The second-order valence-corrected chi connectivity index (χ2v) is 4.85. The maximum atomic E-state index is 5.73. The van der Waals surface area contributed by atoms with E-state index in [4.69, 9.17) is 5.73 Å². The molecule has 0 aliphatic heterocycles. The third kappa shape index (κ3) is 8.42. The van der Waals surface area contributed by atoms with Crippen molar-refractivity contribution in [1.29, 1.82) is 0 Å². The van der Waals surface area contributed by atoms with Crippen LogP contribution >= 0.6 is 11.8 Å². The fraction of sp³-hybridized carbons (Fsp3) is 0.909. The zero-order valence-corrected chi connectivity index (χ0v) is 10.6. The van der Waals surface area contributed by atoms with Gasteiger partial charge in [-0.25, -0.2) is 0 Å². The van der Waals surface area contributed by atoms with Gasteiger partial charge >= 0.3 is 0 Å². The first-order valence-corrected chi connectivity index (χ1v) is 6.86. The summed E-state index contributed by atoms with van der Waals surface area (Å²) in [5, 5.41) is 0. The molecule has 0 heterocycles. The smallest absolute Gasteiger partial charge is 0.0962 e. The van der Waals surface area contributed by atoms with Crippen LogP contribution in [0.2, 0.25) is 0 Å². The Labute approximate surface area is 92.7 Å². The first-order chi connectivity index (χ1) is 6.68. The average molecular weight is 216 g/mol. The lowest BCUT2D eigenvalue weighted by Crippen LogP contribution is -2.19. The Morgan fingerprint density at radius 3 is 2.43 bits per heavy atom. The molecule has 0 aliphatic carbocycles. The maximum absolute atomic E-state index is 5.73. The van der Waals surface area contributed by atoms with Crippen molar-refractivity contribution in [3.8, 4) is 0 Å².